The summed E-state index contributed by atoms with van der Waals surface area (Å²) >= 11 is 0. The van der Waals surface area contributed by atoms with Crippen molar-refractivity contribution in [3.05, 3.63) is 48.2 Å². The number of rotatable bonds is 6. The molecular weight excluding hydrogens is 328 g/mol. The summed E-state index contributed by atoms with van der Waals surface area (Å²) in [6.07, 6.45) is 4.64. The lowest BCUT2D eigenvalue weighted by atomic mass is 10.1. The Kier molecular flexibility index (Phi) is 5.94. The zero-order chi connectivity index (χ0) is 16.2. The summed E-state index contributed by atoms with van der Waals surface area (Å²) in [5.41, 5.74) is 8.12. The van der Waals surface area contributed by atoms with Crippen molar-refractivity contribution < 1.29 is 4.79 Å². The van der Waals surface area contributed by atoms with Crippen molar-refractivity contribution in [2.24, 2.45) is 12.8 Å². The fourth-order valence-corrected chi connectivity index (χ4v) is 2.56. The molecule has 0 aliphatic carbocycles. The number of fused-ring (bicyclic) bond motifs is 1. The number of nitrogens with one attached hydrogen (secondary N) is 2. The summed E-state index contributed by atoms with van der Waals surface area (Å²) in [7, 11) is 1.81. The second-order valence-corrected chi connectivity index (χ2v) is 5.55. The Bertz CT molecular complexity index is 812. The molecule has 0 spiro atoms. The van der Waals surface area contributed by atoms with E-state index in [2.05, 4.69) is 20.4 Å². The highest BCUT2D eigenvalue weighted by Crippen LogP contribution is 2.18. The topological polar surface area (TPSA) is 102 Å². The third-order valence-corrected chi connectivity index (χ3v) is 3.75. The van der Waals surface area contributed by atoms with E-state index in [1.54, 1.807) is 11.0 Å². The van der Waals surface area contributed by atoms with Crippen LogP contribution in [0, 0.1) is 0 Å². The summed E-state index contributed by atoms with van der Waals surface area (Å²) in [6, 6.07) is 7.40. The summed E-state index contributed by atoms with van der Waals surface area (Å²) in [4.78, 5) is 19.4. The highest BCUT2D eigenvalue weighted by Gasteiger charge is 2.16. The highest BCUT2D eigenvalue weighted by molar-refractivity contribution is 5.86. The third kappa shape index (κ3) is 4.12. The first-order valence-corrected chi connectivity index (χ1v) is 7.56. The number of aryl methyl sites for hydroxylation is 1. The van der Waals surface area contributed by atoms with Crippen LogP contribution in [-0.2, 0) is 24.7 Å². The van der Waals surface area contributed by atoms with Gasteiger partial charge in [-0.1, -0.05) is 18.2 Å². The summed E-state index contributed by atoms with van der Waals surface area (Å²) in [5.74, 6) is 0.546. The minimum absolute atomic E-state index is 0. The van der Waals surface area contributed by atoms with Gasteiger partial charge in [0.15, 0.2) is 5.82 Å². The van der Waals surface area contributed by atoms with Crippen molar-refractivity contribution in [3.8, 4) is 0 Å². The maximum absolute atomic E-state index is 12.1. The van der Waals surface area contributed by atoms with Crippen molar-refractivity contribution in [1.82, 2.24) is 25.1 Å². The molecule has 3 rings (SSSR count). The quantitative estimate of drug-likeness (QED) is 0.617. The molecule has 0 radical (unpaired) electrons. The van der Waals surface area contributed by atoms with Gasteiger partial charge < -0.3 is 16.0 Å². The Morgan fingerprint density at radius 3 is 2.96 bits per heavy atom. The van der Waals surface area contributed by atoms with E-state index in [9.17, 15) is 4.79 Å². The molecule has 0 aliphatic heterocycles. The number of aromatic amines is 1. The molecule has 1 aromatic carbocycles. The second-order valence-electron chi connectivity index (χ2n) is 5.55. The highest BCUT2D eigenvalue weighted by atomic mass is 35.5. The van der Waals surface area contributed by atoms with Crippen LogP contribution in [0.4, 0.5) is 0 Å². The zero-order valence-electron chi connectivity index (χ0n) is 13.4. The molecule has 0 aliphatic rings. The molecule has 3 aromatic rings. The first-order chi connectivity index (χ1) is 11.1. The largest absolute Gasteiger partial charge is 0.361 e. The number of H-pyrrole nitrogens is 1. The minimum atomic E-state index is -0.578. The fraction of sp³-hybridized carbons (Fsp3) is 0.312. The number of nitrogens with zero attached hydrogens (tertiary/aromatic N) is 3. The number of halogens is 1. The van der Waals surface area contributed by atoms with Gasteiger partial charge in [0.25, 0.3) is 0 Å². The van der Waals surface area contributed by atoms with Gasteiger partial charge in [0.2, 0.25) is 5.91 Å². The Morgan fingerprint density at radius 1 is 1.42 bits per heavy atom. The zero-order valence-corrected chi connectivity index (χ0v) is 14.2. The maximum Gasteiger partial charge on any atom is 0.237 e. The Hall–Kier alpha value is -2.38. The molecule has 4 N–H and O–H groups in total. The monoisotopic (exact) mass is 348 g/mol. The average molecular weight is 349 g/mol. The fourth-order valence-electron chi connectivity index (χ4n) is 2.56. The summed E-state index contributed by atoms with van der Waals surface area (Å²) in [6.45, 7) is 0.477. The van der Waals surface area contributed by atoms with Gasteiger partial charge in [-0.05, 0) is 18.1 Å². The van der Waals surface area contributed by atoms with Crippen molar-refractivity contribution in [2.75, 3.05) is 6.54 Å². The van der Waals surface area contributed by atoms with Crippen LogP contribution < -0.4 is 11.1 Å². The molecule has 7 nitrogen and oxygen atoms in total. The molecule has 0 bridgehead atoms. The minimum Gasteiger partial charge on any atom is -0.361 e. The van der Waals surface area contributed by atoms with Crippen LogP contribution in [0.15, 0.2) is 36.8 Å². The van der Waals surface area contributed by atoms with Crippen LogP contribution in [-0.4, -0.2) is 38.2 Å². The molecule has 2 aromatic heterocycles. The molecule has 0 saturated heterocycles. The van der Waals surface area contributed by atoms with Crippen LogP contribution in [0.2, 0.25) is 0 Å². The lowest BCUT2D eigenvalue weighted by Crippen LogP contribution is -2.42. The van der Waals surface area contributed by atoms with E-state index in [0.717, 1.165) is 16.5 Å². The third-order valence-electron chi connectivity index (χ3n) is 3.75. The van der Waals surface area contributed by atoms with E-state index in [-0.39, 0.29) is 18.3 Å². The molecule has 1 amide bonds. The number of amides is 1. The molecule has 1 atom stereocenters. The Morgan fingerprint density at radius 2 is 2.21 bits per heavy atom. The van der Waals surface area contributed by atoms with Gasteiger partial charge in [-0.15, -0.1) is 12.4 Å². The van der Waals surface area contributed by atoms with Crippen molar-refractivity contribution >= 4 is 29.2 Å². The van der Waals surface area contributed by atoms with E-state index < -0.39 is 6.04 Å². The van der Waals surface area contributed by atoms with Gasteiger partial charge in [-0.25, -0.2) is 4.98 Å². The lowest BCUT2D eigenvalue weighted by Gasteiger charge is -2.11. The average Bonchev–Trinajstić information content (AvgIpc) is 3.14. The van der Waals surface area contributed by atoms with Crippen molar-refractivity contribution in [1.29, 1.82) is 0 Å². The van der Waals surface area contributed by atoms with E-state index in [1.807, 2.05) is 37.5 Å². The number of nitrogens with two attached hydrogens (primary N) is 1. The number of hydrogen-bond acceptors (Lipinski definition) is 4. The van der Waals surface area contributed by atoms with Crippen LogP contribution >= 0.6 is 12.4 Å². The van der Waals surface area contributed by atoms with Crippen molar-refractivity contribution in [3.63, 3.8) is 0 Å². The van der Waals surface area contributed by atoms with E-state index in [1.165, 1.54) is 0 Å². The molecule has 8 heteroatoms. The normalized spacial score (nSPS) is 11.9. The van der Waals surface area contributed by atoms with Crippen LogP contribution in [0.5, 0.6) is 0 Å². The molecule has 128 valence electrons. The van der Waals surface area contributed by atoms with Gasteiger partial charge in [-0.3, -0.25) is 9.48 Å². The van der Waals surface area contributed by atoms with Gasteiger partial charge in [0.1, 0.15) is 6.33 Å². The molecule has 0 fully saturated rings. The SMILES string of the molecule is Cl.Cn1cnc(CCNC(=O)[C@@H](N)Cc2c[nH]c3ccccc23)n1. The Labute approximate surface area is 146 Å². The summed E-state index contributed by atoms with van der Waals surface area (Å²) in [5, 5.41) is 8.11. The number of carbonyl (C=O) groups excluding carboxylic acids is 1. The molecule has 2 heterocycles. The smallest absolute Gasteiger partial charge is 0.237 e. The van der Waals surface area contributed by atoms with E-state index in [4.69, 9.17) is 5.73 Å². The standard InChI is InChI=1S/C16H20N6O.ClH/c1-22-10-20-15(21-22)6-7-18-16(23)13(17)8-11-9-19-14-5-3-2-4-12(11)14;/h2-5,9-10,13,19H,6-8,17H2,1H3,(H,18,23);1H/t13-;/m0./s1. The number of para-hydroxylation sites is 1. The number of carbonyl (C=O) groups is 1. The molecule has 24 heavy (non-hydrogen) atoms. The van der Waals surface area contributed by atoms with Gasteiger partial charge in [0, 0.05) is 37.1 Å². The number of aromatic nitrogens is 4. The van der Waals surface area contributed by atoms with Gasteiger partial charge >= 0.3 is 0 Å². The van der Waals surface area contributed by atoms with Gasteiger partial charge in [0.05, 0.1) is 6.04 Å². The lowest BCUT2D eigenvalue weighted by molar-refractivity contribution is -0.122. The predicted molar refractivity (Wildman–Crippen MR) is 94.9 cm³/mol. The van der Waals surface area contributed by atoms with Crippen molar-refractivity contribution in [2.45, 2.75) is 18.9 Å². The van der Waals surface area contributed by atoms with Crippen LogP contribution in [0.1, 0.15) is 11.4 Å². The van der Waals surface area contributed by atoms with E-state index in [0.29, 0.717) is 25.2 Å². The van der Waals surface area contributed by atoms with Crippen LogP contribution in [0.3, 0.4) is 0 Å². The molecule has 0 unspecified atom stereocenters. The first-order valence-electron chi connectivity index (χ1n) is 7.56. The maximum atomic E-state index is 12.1. The number of benzene rings is 1. The van der Waals surface area contributed by atoms with Gasteiger partial charge in [-0.2, -0.15) is 5.10 Å². The Balaban J connectivity index is 0.00000208. The predicted octanol–water partition coefficient (Wildman–Crippen LogP) is 0.947. The van der Waals surface area contributed by atoms with Crippen LogP contribution in [0.25, 0.3) is 10.9 Å². The number of hydrogen-bond donors (Lipinski definition) is 3. The molecular formula is C16H21ClN6O. The summed E-state index contributed by atoms with van der Waals surface area (Å²) < 4.78 is 1.64. The molecule has 0 saturated carbocycles. The first kappa shape index (κ1) is 18.0. The van der Waals surface area contributed by atoms with E-state index >= 15 is 0 Å². The second kappa shape index (κ2) is 7.94.